The molecule has 25 heavy (non-hydrogen) atoms. The van der Waals surface area contributed by atoms with Gasteiger partial charge < -0.3 is 18.9 Å². The third kappa shape index (κ3) is 3.29. The first-order chi connectivity index (χ1) is 12.0. The molecular formula is C15H21N5O5. The minimum Gasteiger partial charge on any atom is -0.466 e. The molecule has 10 nitrogen and oxygen atoms in total. The fourth-order valence-electron chi connectivity index (χ4n) is 2.88. The Kier molecular flexibility index (Phi) is 4.88. The molecule has 0 atom stereocenters. The average Bonchev–Trinajstić information content (AvgIpc) is 2.99. The quantitative estimate of drug-likeness (QED) is 0.703. The largest absolute Gasteiger partial charge is 0.466 e. The van der Waals surface area contributed by atoms with Crippen molar-refractivity contribution < 1.29 is 14.3 Å². The standard InChI is InChI=1S/C15H21N5O5/c1-3-25-10(21)4-5-20-11-12(18(2)15(23)17-13(11)22)16-14(20)19-6-8-24-9-7-19/h3-9H2,1-2H3,(H,17,22,23). The van der Waals surface area contributed by atoms with E-state index in [1.807, 2.05) is 4.90 Å². The maximum Gasteiger partial charge on any atom is 0.329 e. The van der Waals surface area contributed by atoms with Gasteiger partial charge in [-0.2, -0.15) is 4.98 Å². The normalized spacial score (nSPS) is 14.9. The van der Waals surface area contributed by atoms with Gasteiger partial charge in [-0.05, 0) is 6.92 Å². The van der Waals surface area contributed by atoms with Gasteiger partial charge in [0.2, 0.25) is 5.95 Å². The van der Waals surface area contributed by atoms with E-state index in [0.717, 1.165) is 0 Å². The number of fused-ring (bicyclic) bond motifs is 1. The number of imidazole rings is 1. The first kappa shape index (κ1) is 17.2. The summed E-state index contributed by atoms with van der Waals surface area (Å²) >= 11 is 0. The highest BCUT2D eigenvalue weighted by atomic mass is 16.5. The van der Waals surface area contributed by atoms with Crippen molar-refractivity contribution in [2.45, 2.75) is 19.9 Å². The topological polar surface area (TPSA) is 111 Å². The number of H-pyrrole nitrogens is 1. The lowest BCUT2D eigenvalue weighted by atomic mass is 10.4. The number of aromatic amines is 1. The average molecular weight is 351 g/mol. The van der Waals surface area contributed by atoms with Gasteiger partial charge in [0, 0.05) is 26.7 Å². The van der Waals surface area contributed by atoms with Crippen molar-refractivity contribution in [1.82, 2.24) is 19.1 Å². The summed E-state index contributed by atoms with van der Waals surface area (Å²) in [6.45, 7) is 4.62. The zero-order valence-corrected chi connectivity index (χ0v) is 14.3. The van der Waals surface area contributed by atoms with Crippen molar-refractivity contribution in [2.24, 2.45) is 7.05 Å². The Balaban J connectivity index is 2.09. The molecule has 3 heterocycles. The van der Waals surface area contributed by atoms with E-state index in [9.17, 15) is 14.4 Å². The van der Waals surface area contributed by atoms with Crippen molar-refractivity contribution in [2.75, 3.05) is 37.8 Å². The third-order valence-electron chi connectivity index (χ3n) is 4.13. The molecule has 1 saturated heterocycles. The number of ether oxygens (including phenoxy) is 2. The fraction of sp³-hybridized carbons (Fsp3) is 0.600. The third-order valence-corrected chi connectivity index (χ3v) is 4.13. The van der Waals surface area contributed by atoms with Crippen LogP contribution in [0.25, 0.3) is 11.2 Å². The minimum absolute atomic E-state index is 0.110. The number of carbonyl (C=O) groups excluding carboxylic acids is 1. The van der Waals surface area contributed by atoms with Crippen LogP contribution in [0, 0.1) is 0 Å². The summed E-state index contributed by atoms with van der Waals surface area (Å²) in [6.07, 6.45) is 0.110. The molecule has 1 N–H and O–H groups in total. The lowest BCUT2D eigenvalue weighted by Gasteiger charge is -2.28. The summed E-state index contributed by atoms with van der Waals surface area (Å²) < 4.78 is 13.3. The van der Waals surface area contributed by atoms with E-state index in [1.165, 1.54) is 4.57 Å². The summed E-state index contributed by atoms with van der Waals surface area (Å²) in [5, 5.41) is 0. The van der Waals surface area contributed by atoms with E-state index in [0.29, 0.717) is 44.5 Å². The molecule has 10 heteroatoms. The minimum atomic E-state index is -0.527. The Bertz CT molecular complexity index is 890. The van der Waals surface area contributed by atoms with Crippen LogP contribution in [0.15, 0.2) is 9.59 Å². The number of morpholine rings is 1. The molecule has 0 saturated carbocycles. The molecule has 2 aromatic heterocycles. The van der Waals surface area contributed by atoms with Gasteiger partial charge in [-0.1, -0.05) is 0 Å². The van der Waals surface area contributed by atoms with E-state index < -0.39 is 11.2 Å². The first-order valence-corrected chi connectivity index (χ1v) is 8.20. The molecule has 0 aromatic carbocycles. The predicted octanol–water partition coefficient (Wildman–Crippen LogP) is -0.787. The zero-order valence-electron chi connectivity index (χ0n) is 14.3. The number of aromatic nitrogens is 4. The molecule has 2 aromatic rings. The maximum absolute atomic E-state index is 12.3. The van der Waals surface area contributed by atoms with Crippen molar-refractivity contribution >= 4 is 23.1 Å². The van der Waals surface area contributed by atoms with Crippen LogP contribution < -0.4 is 16.1 Å². The summed E-state index contributed by atoms with van der Waals surface area (Å²) in [7, 11) is 1.55. The van der Waals surface area contributed by atoms with E-state index in [4.69, 9.17) is 9.47 Å². The molecule has 0 unspecified atom stereocenters. The lowest BCUT2D eigenvalue weighted by molar-refractivity contribution is -0.143. The number of rotatable bonds is 5. The number of esters is 1. The number of aryl methyl sites for hydroxylation is 2. The number of hydrogen-bond donors (Lipinski definition) is 1. The maximum atomic E-state index is 12.3. The van der Waals surface area contributed by atoms with Gasteiger partial charge in [0.25, 0.3) is 5.56 Å². The number of nitrogens with one attached hydrogen (secondary N) is 1. The summed E-state index contributed by atoms with van der Waals surface area (Å²) in [6, 6.07) is 0. The van der Waals surface area contributed by atoms with Crippen molar-refractivity contribution in [3.63, 3.8) is 0 Å². The summed E-state index contributed by atoms with van der Waals surface area (Å²) in [4.78, 5) is 44.7. The van der Waals surface area contributed by atoms with Gasteiger partial charge in [-0.3, -0.25) is 19.1 Å². The van der Waals surface area contributed by atoms with E-state index >= 15 is 0 Å². The Morgan fingerprint density at radius 3 is 2.72 bits per heavy atom. The molecular weight excluding hydrogens is 330 g/mol. The molecule has 3 rings (SSSR count). The number of anilines is 1. The smallest absolute Gasteiger partial charge is 0.329 e. The Morgan fingerprint density at radius 2 is 2.04 bits per heavy atom. The van der Waals surface area contributed by atoms with Gasteiger partial charge in [0.15, 0.2) is 11.2 Å². The first-order valence-electron chi connectivity index (χ1n) is 8.20. The van der Waals surface area contributed by atoms with Crippen molar-refractivity contribution in [1.29, 1.82) is 0 Å². The highest BCUT2D eigenvalue weighted by Crippen LogP contribution is 2.21. The van der Waals surface area contributed by atoms with Gasteiger partial charge in [-0.15, -0.1) is 0 Å². The Labute approximate surface area is 143 Å². The van der Waals surface area contributed by atoms with E-state index in [1.54, 1.807) is 18.5 Å². The predicted molar refractivity (Wildman–Crippen MR) is 89.9 cm³/mol. The molecule has 0 amide bonds. The summed E-state index contributed by atoms with van der Waals surface area (Å²) in [5.74, 6) is 0.202. The molecule has 0 spiro atoms. The van der Waals surface area contributed by atoms with Crippen LogP contribution in [-0.4, -0.2) is 58.0 Å². The van der Waals surface area contributed by atoms with Gasteiger partial charge in [-0.25, -0.2) is 4.79 Å². The molecule has 1 aliphatic rings. The van der Waals surface area contributed by atoms with Gasteiger partial charge in [0.1, 0.15) is 0 Å². The second-order valence-corrected chi connectivity index (χ2v) is 5.71. The van der Waals surface area contributed by atoms with Crippen LogP contribution in [0.4, 0.5) is 5.95 Å². The highest BCUT2D eigenvalue weighted by Gasteiger charge is 2.23. The van der Waals surface area contributed by atoms with Gasteiger partial charge in [0.05, 0.1) is 26.2 Å². The monoisotopic (exact) mass is 351 g/mol. The lowest BCUT2D eigenvalue weighted by Crippen LogP contribution is -2.38. The van der Waals surface area contributed by atoms with Crippen LogP contribution in [-0.2, 0) is 27.9 Å². The van der Waals surface area contributed by atoms with Gasteiger partial charge >= 0.3 is 11.7 Å². The van der Waals surface area contributed by atoms with Crippen LogP contribution in [0.1, 0.15) is 13.3 Å². The molecule has 1 fully saturated rings. The van der Waals surface area contributed by atoms with E-state index in [2.05, 4.69) is 9.97 Å². The SMILES string of the molecule is CCOC(=O)CCn1c(N2CCOCC2)nc2c1c(=O)[nH]c(=O)n2C. The van der Waals surface area contributed by atoms with Crippen LogP contribution in [0.5, 0.6) is 0 Å². The number of hydrogen-bond acceptors (Lipinski definition) is 7. The van der Waals surface area contributed by atoms with Crippen molar-refractivity contribution in [3.8, 4) is 0 Å². The molecule has 0 aliphatic carbocycles. The highest BCUT2D eigenvalue weighted by molar-refractivity contribution is 5.75. The molecule has 0 radical (unpaired) electrons. The van der Waals surface area contributed by atoms with Crippen LogP contribution in [0.2, 0.25) is 0 Å². The van der Waals surface area contributed by atoms with Crippen molar-refractivity contribution in [3.05, 3.63) is 20.8 Å². The van der Waals surface area contributed by atoms with Crippen LogP contribution >= 0.6 is 0 Å². The summed E-state index contributed by atoms with van der Waals surface area (Å²) in [5.41, 5.74) is -0.484. The molecule has 136 valence electrons. The second-order valence-electron chi connectivity index (χ2n) is 5.71. The Morgan fingerprint density at radius 1 is 1.32 bits per heavy atom. The molecule has 0 bridgehead atoms. The van der Waals surface area contributed by atoms with E-state index in [-0.39, 0.29) is 24.5 Å². The molecule has 1 aliphatic heterocycles. The zero-order chi connectivity index (χ0) is 18.0. The Hall–Kier alpha value is -2.62. The van der Waals surface area contributed by atoms with Crippen LogP contribution in [0.3, 0.4) is 0 Å². The fourth-order valence-corrected chi connectivity index (χ4v) is 2.88. The number of carbonyl (C=O) groups is 1. The number of nitrogens with zero attached hydrogens (tertiary/aromatic N) is 4. The second kappa shape index (κ2) is 7.09.